The summed E-state index contributed by atoms with van der Waals surface area (Å²) < 4.78 is 10.9. The van der Waals surface area contributed by atoms with Gasteiger partial charge in [0.05, 0.1) is 18.7 Å². The molecule has 0 spiro atoms. The number of hydrogen-bond acceptors (Lipinski definition) is 5. The normalized spacial score (nSPS) is 15.1. The summed E-state index contributed by atoms with van der Waals surface area (Å²) >= 11 is 0. The van der Waals surface area contributed by atoms with E-state index in [9.17, 15) is 5.11 Å². The molecule has 1 N–H and O–H groups in total. The van der Waals surface area contributed by atoms with Gasteiger partial charge in [0.2, 0.25) is 0 Å². The maximum Gasteiger partial charge on any atom is 0.119 e. The topological polar surface area (TPSA) is 65.7 Å². The first-order chi connectivity index (χ1) is 12.2. The van der Waals surface area contributed by atoms with Gasteiger partial charge in [-0.05, 0) is 53.9 Å². The van der Waals surface area contributed by atoms with Gasteiger partial charge in [0.1, 0.15) is 24.2 Å². The number of aliphatic hydroxyl groups excluding tert-OH is 1. The molecule has 0 aromatic heterocycles. The number of aliphatic hydroxyl groups is 1. The van der Waals surface area contributed by atoms with Crippen LogP contribution >= 0.6 is 0 Å². The highest BCUT2D eigenvalue weighted by molar-refractivity contribution is 5.37. The van der Waals surface area contributed by atoms with Crippen molar-refractivity contribution in [2.45, 2.75) is 19.1 Å². The van der Waals surface area contributed by atoms with Crippen LogP contribution in [-0.4, -0.2) is 42.9 Å². The van der Waals surface area contributed by atoms with Gasteiger partial charge in [-0.25, -0.2) is 0 Å². The summed E-state index contributed by atoms with van der Waals surface area (Å²) in [6.07, 6.45) is 0.408. The van der Waals surface area contributed by atoms with E-state index in [2.05, 4.69) is 23.1 Å². The fourth-order valence-corrected chi connectivity index (χ4v) is 3.04. The second-order valence-electron chi connectivity index (χ2n) is 6.22. The van der Waals surface area contributed by atoms with Gasteiger partial charge >= 0.3 is 0 Å². The van der Waals surface area contributed by atoms with Gasteiger partial charge in [-0.2, -0.15) is 5.26 Å². The van der Waals surface area contributed by atoms with Crippen LogP contribution in [0.2, 0.25) is 0 Å². The molecular formula is C20H22N2O3. The summed E-state index contributed by atoms with van der Waals surface area (Å²) in [5.41, 5.74) is 3.20. The molecule has 25 heavy (non-hydrogen) atoms. The van der Waals surface area contributed by atoms with Gasteiger partial charge < -0.3 is 14.6 Å². The first-order valence-electron chi connectivity index (χ1n) is 8.37. The van der Waals surface area contributed by atoms with Crippen molar-refractivity contribution in [3.05, 3.63) is 59.2 Å². The number of nitriles is 1. The van der Waals surface area contributed by atoms with Crippen molar-refractivity contribution in [1.82, 2.24) is 4.90 Å². The zero-order valence-electron chi connectivity index (χ0n) is 14.3. The van der Waals surface area contributed by atoms with Crippen molar-refractivity contribution in [3.8, 4) is 17.6 Å². The minimum Gasteiger partial charge on any atom is -0.497 e. The van der Waals surface area contributed by atoms with Crippen molar-refractivity contribution in [1.29, 1.82) is 5.26 Å². The summed E-state index contributed by atoms with van der Waals surface area (Å²) in [7, 11) is 1.67. The van der Waals surface area contributed by atoms with Crippen molar-refractivity contribution in [2.24, 2.45) is 0 Å². The third-order valence-corrected chi connectivity index (χ3v) is 4.40. The van der Waals surface area contributed by atoms with Crippen molar-refractivity contribution >= 4 is 0 Å². The molecule has 2 aromatic carbocycles. The van der Waals surface area contributed by atoms with Crippen LogP contribution in [0.25, 0.3) is 0 Å². The van der Waals surface area contributed by atoms with Crippen LogP contribution in [0.1, 0.15) is 16.7 Å². The third-order valence-electron chi connectivity index (χ3n) is 4.40. The molecule has 1 aliphatic rings. The van der Waals surface area contributed by atoms with E-state index >= 15 is 0 Å². The lowest BCUT2D eigenvalue weighted by Gasteiger charge is -2.30. The number of hydrogen-bond donors (Lipinski definition) is 1. The number of ether oxygens (including phenoxy) is 2. The lowest BCUT2D eigenvalue weighted by Crippen LogP contribution is -2.38. The second kappa shape index (κ2) is 8.02. The summed E-state index contributed by atoms with van der Waals surface area (Å²) in [4.78, 5) is 2.23. The van der Waals surface area contributed by atoms with Crippen LogP contribution in [0.3, 0.4) is 0 Å². The molecule has 0 bridgehead atoms. The van der Waals surface area contributed by atoms with Crippen LogP contribution in [0, 0.1) is 11.3 Å². The van der Waals surface area contributed by atoms with E-state index in [-0.39, 0.29) is 6.61 Å². The van der Waals surface area contributed by atoms with Gasteiger partial charge in [-0.15, -0.1) is 0 Å². The van der Waals surface area contributed by atoms with Gasteiger partial charge in [0.15, 0.2) is 0 Å². The lowest BCUT2D eigenvalue weighted by atomic mass is 9.99. The van der Waals surface area contributed by atoms with E-state index in [1.54, 1.807) is 31.4 Å². The minimum atomic E-state index is -0.567. The lowest BCUT2D eigenvalue weighted by molar-refractivity contribution is 0.0637. The average molecular weight is 338 g/mol. The fraction of sp³-hybridized carbons (Fsp3) is 0.350. The predicted octanol–water partition coefficient (Wildman–Crippen LogP) is 2.36. The molecule has 1 heterocycles. The Morgan fingerprint density at radius 2 is 1.92 bits per heavy atom. The Balaban J connectivity index is 1.51. The van der Waals surface area contributed by atoms with Crippen molar-refractivity contribution in [2.75, 3.05) is 26.8 Å². The zero-order chi connectivity index (χ0) is 17.6. The van der Waals surface area contributed by atoms with Gasteiger partial charge in [0, 0.05) is 19.6 Å². The first kappa shape index (κ1) is 17.3. The molecule has 1 aliphatic heterocycles. The molecule has 130 valence electrons. The largest absolute Gasteiger partial charge is 0.497 e. The van der Waals surface area contributed by atoms with Crippen molar-refractivity contribution in [3.63, 3.8) is 0 Å². The smallest absolute Gasteiger partial charge is 0.119 e. The van der Waals surface area contributed by atoms with E-state index in [4.69, 9.17) is 14.7 Å². The number of benzene rings is 2. The molecule has 3 rings (SSSR count). The molecule has 1 unspecified atom stereocenters. The quantitative estimate of drug-likeness (QED) is 0.876. The molecule has 0 saturated heterocycles. The van der Waals surface area contributed by atoms with Crippen LogP contribution in [0.4, 0.5) is 0 Å². The van der Waals surface area contributed by atoms with Gasteiger partial charge in [-0.1, -0.05) is 6.07 Å². The molecule has 5 nitrogen and oxygen atoms in total. The highest BCUT2D eigenvalue weighted by atomic mass is 16.5. The number of methoxy groups -OCH3 is 1. The monoisotopic (exact) mass is 338 g/mol. The summed E-state index contributed by atoms with van der Waals surface area (Å²) in [5, 5.41) is 19.1. The van der Waals surface area contributed by atoms with Gasteiger partial charge in [0.25, 0.3) is 0 Å². The maximum atomic E-state index is 10.3. The standard InChI is InChI=1S/C20H22N2O3/c1-24-20-7-4-16-8-9-22(12-17(16)10-20)13-18(23)14-25-19-5-2-15(11-21)3-6-19/h2-7,10,18,23H,8-9,12-14H2,1H3. The van der Waals surface area contributed by atoms with Crippen LogP contribution < -0.4 is 9.47 Å². The number of fused-ring (bicyclic) bond motifs is 1. The third kappa shape index (κ3) is 4.50. The van der Waals surface area contributed by atoms with E-state index in [1.165, 1.54) is 11.1 Å². The predicted molar refractivity (Wildman–Crippen MR) is 94.6 cm³/mol. The molecule has 1 atom stereocenters. The molecule has 0 amide bonds. The van der Waals surface area contributed by atoms with Gasteiger partial charge in [-0.3, -0.25) is 4.90 Å². The fourth-order valence-electron chi connectivity index (χ4n) is 3.04. The number of β-amino-alcohol motifs (C(OH)–C–C–N with tert-alkyl or cyclic N) is 1. The summed E-state index contributed by atoms with van der Waals surface area (Å²) in [6.45, 7) is 2.52. The molecule has 0 aliphatic carbocycles. The Labute approximate surface area is 148 Å². The first-order valence-corrected chi connectivity index (χ1v) is 8.37. The van der Waals surface area contributed by atoms with Crippen molar-refractivity contribution < 1.29 is 14.6 Å². The Kier molecular flexibility index (Phi) is 5.54. The minimum absolute atomic E-state index is 0.230. The van der Waals surface area contributed by atoms with Crippen LogP contribution in [0.5, 0.6) is 11.5 Å². The molecular weight excluding hydrogens is 316 g/mol. The second-order valence-corrected chi connectivity index (χ2v) is 6.22. The highest BCUT2D eigenvalue weighted by Gasteiger charge is 2.19. The Morgan fingerprint density at radius 3 is 2.64 bits per heavy atom. The maximum absolute atomic E-state index is 10.3. The van der Waals surface area contributed by atoms with E-state index in [1.807, 2.05) is 6.07 Å². The SMILES string of the molecule is COc1ccc2c(c1)CN(CC(O)COc1ccc(C#N)cc1)CC2. The van der Waals surface area contributed by atoms with E-state index in [0.717, 1.165) is 25.3 Å². The zero-order valence-corrected chi connectivity index (χ0v) is 14.3. The van der Waals surface area contributed by atoms with Crippen LogP contribution in [-0.2, 0) is 13.0 Å². The highest BCUT2D eigenvalue weighted by Crippen LogP contribution is 2.23. The van der Waals surface area contributed by atoms with E-state index in [0.29, 0.717) is 17.9 Å². The van der Waals surface area contributed by atoms with Crippen LogP contribution in [0.15, 0.2) is 42.5 Å². The Morgan fingerprint density at radius 1 is 1.16 bits per heavy atom. The number of nitrogens with zero attached hydrogens (tertiary/aromatic N) is 2. The molecule has 0 saturated carbocycles. The summed E-state index contributed by atoms with van der Waals surface area (Å²) in [6, 6.07) is 15.2. The summed E-state index contributed by atoms with van der Waals surface area (Å²) in [5.74, 6) is 1.53. The molecule has 0 fully saturated rings. The molecule has 0 radical (unpaired) electrons. The average Bonchev–Trinajstić information content (AvgIpc) is 2.66. The number of rotatable bonds is 6. The molecule has 5 heteroatoms. The Bertz CT molecular complexity index is 753. The Hall–Kier alpha value is -2.55. The molecule has 2 aromatic rings. The van der Waals surface area contributed by atoms with E-state index < -0.39 is 6.10 Å².